The lowest BCUT2D eigenvalue weighted by Gasteiger charge is -2.24. The number of hydrogen-bond donors (Lipinski definition) is 1. The average molecular weight is 1350 g/mol. The maximum Gasteiger partial charge on any atom is 0.472 e. The Morgan fingerprint density at radius 2 is 0.562 bits per heavy atom. The first-order chi connectivity index (χ1) is 47.0. The fourth-order valence-electron chi connectivity index (χ4n) is 10.4. The Morgan fingerprint density at radius 3 is 0.833 bits per heavy atom. The lowest BCUT2D eigenvalue weighted by molar-refractivity contribution is -0.870. The smallest absolute Gasteiger partial charge is 0.462 e. The first kappa shape index (κ1) is 91.4. The lowest BCUT2D eigenvalue weighted by Crippen LogP contribution is -2.37. The molecule has 0 aromatic rings. The molecule has 0 radical (unpaired) electrons. The Bertz CT molecular complexity index is 2230. The third-order valence-electron chi connectivity index (χ3n) is 16.2. The molecular formula is C86H145NO8P+. The normalized spacial score (nSPS) is 14.0. The van der Waals surface area contributed by atoms with Gasteiger partial charge < -0.3 is 18.9 Å². The number of hydrogen-bond acceptors (Lipinski definition) is 7. The van der Waals surface area contributed by atoms with Crippen LogP contribution in [0.2, 0.25) is 0 Å². The van der Waals surface area contributed by atoms with Crippen LogP contribution < -0.4 is 0 Å². The molecule has 0 saturated carbocycles. The van der Waals surface area contributed by atoms with Crippen molar-refractivity contribution in [2.45, 2.75) is 315 Å². The van der Waals surface area contributed by atoms with Crippen LogP contribution in [0.5, 0.6) is 0 Å². The summed E-state index contributed by atoms with van der Waals surface area (Å²) in [6.07, 6.45) is 113. The summed E-state index contributed by atoms with van der Waals surface area (Å²) in [5.74, 6) is -0.800. The molecule has 0 fully saturated rings. The fourth-order valence-corrected chi connectivity index (χ4v) is 11.1. The van der Waals surface area contributed by atoms with Crippen molar-refractivity contribution in [3.8, 4) is 0 Å². The zero-order chi connectivity index (χ0) is 69.7. The van der Waals surface area contributed by atoms with Crippen molar-refractivity contribution in [2.24, 2.45) is 0 Å². The first-order valence-corrected chi connectivity index (χ1v) is 40.4. The summed E-state index contributed by atoms with van der Waals surface area (Å²) in [6, 6.07) is 0. The summed E-state index contributed by atoms with van der Waals surface area (Å²) in [6.45, 7) is 4.21. The lowest BCUT2D eigenvalue weighted by atomic mass is 10.0. The number of likely N-dealkylation sites (N-methyl/N-ethyl adjacent to an activating group) is 1. The van der Waals surface area contributed by atoms with Crippen molar-refractivity contribution in [1.82, 2.24) is 0 Å². The van der Waals surface area contributed by atoms with E-state index in [1.807, 2.05) is 21.1 Å². The van der Waals surface area contributed by atoms with Gasteiger partial charge in [-0.1, -0.05) is 338 Å². The average Bonchev–Trinajstić information content (AvgIpc) is 1.98. The fraction of sp³-hybridized carbons (Fsp3) is 0.651. The molecule has 0 heterocycles. The van der Waals surface area contributed by atoms with E-state index in [0.29, 0.717) is 17.4 Å². The van der Waals surface area contributed by atoms with E-state index < -0.39 is 26.5 Å². The molecular weight excluding hydrogens is 1210 g/mol. The number of rotatable bonds is 70. The number of ether oxygens (including phenoxy) is 2. The van der Waals surface area contributed by atoms with Gasteiger partial charge in [0.1, 0.15) is 19.8 Å². The highest BCUT2D eigenvalue weighted by Crippen LogP contribution is 2.43. The topological polar surface area (TPSA) is 108 Å². The maximum absolute atomic E-state index is 12.9. The molecule has 0 aliphatic rings. The number of phosphoric ester groups is 1. The standard InChI is InChI=1S/C86H144NO8P/c1-6-8-10-12-14-16-18-20-22-24-26-28-30-32-34-36-38-40-41-42-43-44-45-47-49-51-53-55-57-59-61-63-65-67-69-71-73-75-77-79-86(89)95-84(83-94-96(90,91)93-81-80-87(3,4)5)82-92-85(88)78-76-74-72-70-68-66-64-62-60-58-56-54-52-50-48-46-39-37-35-33-31-29-27-25-23-21-19-17-15-13-11-9-7-2/h8-11,14-17,20-23,26-29,32-35,38-40,42-43,46,50,52,84H,6-7,12-13,18-19,24-25,30-31,36-37,41,44-45,47-49,51,53-83H2,1-5H3/p+1/b10-8-,11-9-,16-14-,17-15-,22-20-,23-21-,28-26-,29-27-,34-32-,35-33-,40-38-,43-42-,46-39-,52-50-. The van der Waals surface area contributed by atoms with Crippen molar-refractivity contribution >= 4 is 19.8 Å². The van der Waals surface area contributed by atoms with E-state index in [1.54, 1.807) is 0 Å². The SMILES string of the molecule is CC/C=C\C/C=C\C/C=C\C/C=C\C/C=C\C/C=C\C/C=C\CCCCCCCCCCCCCCCCCCCC(=O)OC(COC(=O)CCCCCCCCCCCCC/C=C\C/C=C\C/C=C\C/C=C\C/C=C\C/C=C\C/C=C\CC)COP(=O)(O)OCC[N+](C)(C)C. The number of allylic oxidation sites excluding steroid dienone is 28. The molecule has 0 aliphatic carbocycles. The number of quaternary nitrogens is 1. The van der Waals surface area contributed by atoms with Crippen molar-refractivity contribution in [2.75, 3.05) is 47.5 Å². The van der Waals surface area contributed by atoms with Crippen molar-refractivity contribution in [3.63, 3.8) is 0 Å². The van der Waals surface area contributed by atoms with Crippen molar-refractivity contribution < 1.29 is 42.1 Å². The Kier molecular flexibility index (Phi) is 71.0. The summed E-state index contributed by atoms with van der Waals surface area (Å²) < 4.78 is 34.8. The van der Waals surface area contributed by atoms with E-state index in [1.165, 1.54) is 141 Å². The second kappa shape index (κ2) is 74.6. The minimum Gasteiger partial charge on any atom is -0.462 e. The Morgan fingerprint density at radius 1 is 0.323 bits per heavy atom. The quantitative estimate of drug-likeness (QED) is 0.0211. The minimum atomic E-state index is -4.41. The molecule has 0 amide bonds. The largest absolute Gasteiger partial charge is 0.472 e. The van der Waals surface area contributed by atoms with Crippen LogP contribution in [0.4, 0.5) is 0 Å². The molecule has 0 aromatic heterocycles. The number of nitrogens with zero attached hydrogens (tertiary/aromatic N) is 1. The number of esters is 2. The number of phosphoric acid groups is 1. The molecule has 1 N–H and O–H groups in total. The van der Waals surface area contributed by atoms with Crippen LogP contribution in [0, 0.1) is 0 Å². The van der Waals surface area contributed by atoms with Gasteiger partial charge in [-0.05, 0) is 128 Å². The highest BCUT2D eigenvalue weighted by atomic mass is 31.2. The molecule has 9 nitrogen and oxygen atoms in total. The molecule has 0 saturated heterocycles. The maximum atomic E-state index is 12.9. The molecule has 2 unspecified atom stereocenters. The van der Waals surface area contributed by atoms with E-state index in [9.17, 15) is 19.0 Å². The summed E-state index contributed by atoms with van der Waals surface area (Å²) in [7, 11) is 1.47. The highest BCUT2D eigenvalue weighted by Gasteiger charge is 2.27. The van der Waals surface area contributed by atoms with Gasteiger partial charge in [0.2, 0.25) is 0 Å². The number of carbonyl (C=O) groups excluding carboxylic acids is 2. The summed E-state index contributed by atoms with van der Waals surface area (Å²) in [5, 5.41) is 0. The molecule has 0 rings (SSSR count). The van der Waals surface area contributed by atoms with Gasteiger partial charge in [-0.25, -0.2) is 4.57 Å². The van der Waals surface area contributed by atoms with Gasteiger partial charge in [0.25, 0.3) is 0 Å². The zero-order valence-electron chi connectivity index (χ0n) is 62.3. The third-order valence-corrected chi connectivity index (χ3v) is 17.2. The van der Waals surface area contributed by atoms with Crippen molar-refractivity contribution in [3.05, 3.63) is 170 Å². The van der Waals surface area contributed by atoms with Crippen LogP contribution in [-0.2, 0) is 32.7 Å². The Labute approximate surface area is 591 Å². The Balaban J connectivity index is 4.03. The monoisotopic (exact) mass is 1350 g/mol. The van der Waals surface area contributed by atoms with Gasteiger partial charge in [0.15, 0.2) is 6.10 Å². The number of carbonyl (C=O) groups is 2. The zero-order valence-corrected chi connectivity index (χ0v) is 63.2. The van der Waals surface area contributed by atoms with Gasteiger partial charge in [0.05, 0.1) is 27.7 Å². The summed E-state index contributed by atoms with van der Waals surface area (Å²) in [4.78, 5) is 36.0. The molecule has 10 heteroatoms. The van der Waals surface area contributed by atoms with Gasteiger partial charge >= 0.3 is 19.8 Å². The van der Waals surface area contributed by atoms with Gasteiger partial charge in [0, 0.05) is 12.8 Å². The van der Waals surface area contributed by atoms with Gasteiger partial charge in [-0.15, -0.1) is 0 Å². The molecule has 2 atom stereocenters. The van der Waals surface area contributed by atoms with Crippen LogP contribution in [0.1, 0.15) is 309 Å². The van der Waals surface area contributed by atoms with E-state index in [0.717, 1.165) is 135 Å². The van der Waals surface area contributed by atoms with Gasteiger partial charge in [-0.2, -0.15) is 0 Å². The van der Waals surface area contributed by atoms with E-state index in [4.69, 9.17) is 18.5 Å². The Hall–Kier alpha value is -4.63. The van der Waals surface area contributed by atoms with E-state index >= 15 is 0 Å². The summed E-state index contributed by atoms with van der Waals surface area (Å²) >= 11 is 0. The van der Waals surface area contributed by atoms with E-state index in [2.05, 4.69) is 184 Å². The molecule has 0 spiro atoms. The van der Waals surface area contributed by atoms with Crippen LogP contribution in [0.25, 0.3) is 0 Å². The van der Waals surface area contributed by atoms with Crippen LogP contribution >= 0.6 is 7.82 Å². The van der Waals surface area contributed by atoms with Crippen LogP contribution in [0.3, 0.4) is 0 Å². The van der Waals surface area contributed by atoms with Crippen molar-refractivity contribution in [1.29, 1.82) is 0 Å². The highest BCUT2D eigenvalue weighted by molar-refractivity contribution is 7.47. The van der Waals surface area contributed by atoms with Gasteiger partial charge in [-0.3, -0.25) is 18.6 Å². The van der Waals surface area contributed by atoms with E-state index in [-0.39, 0.29) is 32.0 Å². The predicted octanol–water partition coefficient (Wildman–Crippen LogP) is 26.1. The third kappa shape index (κ3) is 78.4. The minimum absolute atomic E-state index is 0.0252. The molecule has 0 bridgehead atoms. The first-order valence-electron chi connectivity index (χ1n) is 38.9. The second-order valence-corrected chi connectivity index (χ2v) is 28.1. The number of unbranched alkanes of at least 4 members (excludes halogenated alkanes) is 28. The van der Waals surface area contributed by atoms with Crippen LogP contribution in [0.15, 0.2) is 170 Å². The molecule has 0 aliphatic heterocycles. The molecule has 0 aromatic carbocycles. The summed E-state index contributed by atoms with van der Waals surface area (Å²) in [5.41, 5.74) is 0. The second-order valence-electron chi connectivity index (χ2n) is 26.6. The van der Waals surface area contributed by atoms with Crippen LogP contribution in [-0.4, -0.2) is 74.9 Å². The molecule has 96 heavy (non-hydrogen) atoms. The molecule has 546 valence electrons. The predicted molar refractivity (Wildman–Crippen MR) is 417 cm³/mol.